The van der Waals surface area contributed by atoms with Crippen LogP contribution in [0.15, 0.2) is 57.9 Å². The molecule has 170 valence electrons. The molecule has 1 aliphatic heterocycles. The van der Waals surface area contributed by atoms with E-state index >= 15 is 0 Å². The lowest BCUT2D eigenvalue weighted by atomic mass is 10.0. The summed E-state index contributed by atoms with van der Waals surface area (Å²) in [4.78, 5) is 50.2. The number of nitro groups is 1. The van der Waals surface area contributed by atoms with Crippen LogP contribution in [0.2, 0.25) is 0 Å². The Morgan fingerprint density at radius 1 is 1.18 bits per heavy atom. The molecule has 1 fully saturated rings. The quantitative estimate of drug-likeness (QED) is 0.462. The van der Waals surface area contributed by atoms with Gasteiger partial charge in [-0.25, -0.2) is 4.68 Å². The summed E-state index contributed by atoms with van der Waals surface area (Å²) in [6, 6.07) is 10.2. The topological polar surface area (TPSA) is 141 Å². The van der Waals surface area contributed by atoms with E-state index in [-0.39, 0.29) is 34.8 Å². The summed E-state index contributed by atoms with van der Waals surface area (Å²) in [5, 5.41) is 18.3. The van der Waals surface area contributed by atoms with Crippen LogP contribution in [-0.4, -0.2) is 50.5 Å². The van der Waals surface area contributed by atoms with Gasteiger partial charge in [0.15, 0.2) is 11.5 Å². The number of amides is 2. The zero-order valence-corrected chi connectivity index (χ0v) is 17.8. The number of aromatic nitrogens is 2. The minimum Gasteiger partial charge on any atom is -0.459 e. The smallest absolute Gasteiger partial charge is 0.294 e. The van der Waals surface area contributed by atoms with Gasteiger partial charge in [-0.3, -0.25) is 24.5 Å². The highest BCUT2D eigenvalue weighted by Gasteiger charge is 2.27. The predicted molar refractivity (Wildman–Crippen MR) is 116 cm³/mol. The Balaban J connectivity index is 1.49. The average Bonchev–Trinajstić information content (AvgIpc) is 3.34. The number of benzene rings is 1. The lowest BCUT2D eigenvalue weighted by Crippen LogP contribution is -2.47. The summed E-state index contributed by atoms with van der Waals surface area (Å²) in [6.07, 6.45) is 2.44. The first-order chi connectivity index (χ1) is 15.8. The molecular formula is C22H21N5O6. The van der Waals surface area contributed by atoms with Crippen LogP contribution in [-0.2, 0) is 0 Å². The van der Waals surface area contributed by atoms with Gasteiger partial charge in [-0.05, 0) is 38.0 Å². The Hall–Kier alpha value is -4.28. The lowest BCUT2D eigenvalue weighted by Gasteiger charge is -2.31. The number of hydrogen-bond acceptors (Lipinski definition) is 7. The summed E-state index contributed by atoms with van der Waals surface area (Å²) in [6.45, 7) is 2.43. The lowest BCUT2D eigenvalue weighted by molar-refractivity contribution is -0.384. The Morgan fingerprint density at radius 3 is 2.58 bits per heavy atom. The molecule has 3 heterocycles. The molecule has 0 saturated carbocycles. The number of nitrogens with zero attached hydrogens (tertiary/aromatic N) is 4. The maximum absolute atomic E-state index is 12.8. The van der Waals surface area contributed by atoms with E-state index in [1.165, 1.54) is 35.2 Å². The Labute approximate surface area is 187 Å². The second kappa shape index (κ2) is 9.07. The summed E-state index contributed by atoms with van der Waals surface area (Å²) in [5.41, 5.74) is -0.621. The molecule has 2 amide bonds. The average molecular weight is 451 g/mol. The minimum absolute atomic E-state index is 0.152. The third-order valence-corrected chi connectivity index (χ3v) is 5.48. The second-order valence-corrected chi connectivity index (χ2v) is 7.67. The number of carbonyl (C=O) groups excluding carboxylic acids is 2. The van der Waals surface area contributed by atoms with Crippen LogP contribution in [0.1, 0.15) is 39.6 Å². The fourth-order valence-corrected chi connectivity index (χ4v) is 3.78. The number of piperidine rings is 1. The molecule has 1 saturated heterocycles. The van der Waals surface area contributed by atoms with Crippen molar-refractivity contribution in [3.63, 3.8) is 0 Å². The molecule has 11 nitrogen and oxygen atoms in total. The minimum atomic E-state index is -0.664. The highest BCUT2D eigenvalue weighted by molar-refractivity contribution is 5.93. The first kappa shape index (κ1) is 21.9. The van der Waals surface area contributed by atoms with Gasteiger partial charge in [-0.1, -0.05) is 12.1 Å². The number of nitrogens with one attached hydrogen (secondary N) is 1. The van der Waals surface area contributed by atoms with Gasteiger partial charge in [-0.2, -0.15) is 5.10 Å². The molecule has 0 unspecified atom stereocenters. The van der Waals surface area contributed by atoms with Crippen molar-refractivity contribution < 1.29 is 18.9 Å². The highest BCUT2D eigenvalue weighted by atomic mass is 16.6. The van der Waals surface area contributed by atoms with Crippen molar-refractivity contribution in [2.24, 2.45) is 0 Å². The summed E-state index contributed by atoms with van der Waals surface area (Å²) < 4.78 is 6.36. The van der Waals surface area contributed by atoms with E-state index in [1.807, 2.05) is 0 Å². The molecule has 1 aromatic carbocycles. The second-order valence-electron chi connectivity index (χ2n) is 7.67. The zero-order chi connectivity index (χ0) is 23.5. The normalized spacial score (nSPS) is 14.2. The first-order valence-corrected chi connectivity index (χ1v) is 10.3. The van der Waals surface area contributed by atoms with Crippen LogP contribution in [0.25, 0.3) is 5.69 Å². The van der Waals surface area contributed by atoms with Gasteiger partial charge in [0.05, 0.1) is 11.2 Å². The fraction of sp³-hybridized carbons (Fsp3) is 0.273. The molecule has 3 aromatic rings. The van der Waals surface area contributed by atoms with Crippen LogP contribution in [0.5, 0.6) is 0 Å². The zero-order valence-electron chi connectivity index (χ0n) is 17.8. The van der Waals surface area contributed by atoms with E-state index in [2.05, 4.69) is 10.4 Å². The van der Waals surface area contributed by atoms with E-state index in [0.717, 1.165) is 0 Å². The Morgan fingerprint density at radius 2 is 1.91 bits per heavy atom. The van der Waals surface area contributed by atoms with E-state index in [9.17, 15) is 24.5 Å². The van der Waals surface area contributed by atoms with Gasteiger partial charge in [0.1, 0.15) is 5.69 Å². The predicted octanol–water partition coefficient (Wildman–Crippen LogP) is 2.08. The number of rotatable bonds is 5. The van der Waals surface area contributed by atoms with Crippen molar-refractivity contribution in [2.45, 2.75) is 25.8 Å². The van der Waals surface area contributed by atoms with Crippen molar-refractivity contribution in [3.8, 4) is 5.69 Å². The number of carbonyl (C=O) groups is 2. The third-order valence-electron chi connectivity index (χ3n) is 5.48. The van der Waals surface area contributed by atoms with E-state index in [1.54, 1.807) is 30.0 Å². The molecule has 11 heteroatoms. The van der Waals surface area contributed by atoms with Crippen LogP contribution in [0, 0.1) is 17.0 Å². The van der Waals surface area contributed by atoms with Crippen molar-refractivity contribution in [2.75, 3.05) is 13.1 Å². The standard InChI is InChI=1S/C22H21N5O6/c1-14-13-18(28)20(24-26(14)16-5-2-3-6-17(16)27(31)32)21(29)23-15-8-10-25(11-9-15)22(30)19-7-4-12-33-19/h2-7,12-13,15H,8-11H2,1H3,(H,23,29). The van der Waals surface area contributed by atoms with Crippen molar-refractivity contribution in [1.29, 1.82) is 0 Å². The van der Waals surface area contributed by atoms with Crippen molar-refractivity contribution in [3.05, 3.63) is 86.2 Å². The van der Waals surface area contributed by atoms with Crippen molar-refractivity contribution >= 4 is 17.5 Å². The number of furan rings is 1. The molecule has 1 N–H and O–H groups in total. The first-order valence-electron chi connectivity index (χ1n) is 10.3. The molecular weight excluding hydrogens is 430 g/mol. The van der Waals surface area contributed by atoms with Crippen molar-refractivity contribution in [1.82, 2.24) is 20.0 Å². The van der Waals surface area contributed by atoms with Crippen LogP contribution in [0.3, 0.4) is 0 Å². The monoisotopic (exact) mass is 451 g/mol. The Bertz CT molecular complexity index is 1260. The largest absolute Gasteiger partial charge is 0.459 e. The van der Waals surface area contributed by atoms with Gasteiger partial charge >= 0.3 is 0 Å². The molecule has 0 spiro atoms. The van der Waals surface area contributed by atoms with Crippen LogP contribution in [0.4, 0.5) is 5.69 Å². The molecule has 0 aliphatic carbocycles. The van der Waals surface area contributed by atoms with Gasteiger partial charge in [-0.15, -0.1) is 0 Å². The van der Waals surface area contributed by atoms with E-state index in [0.29, 0.717) is 31.6 Å². The number of aryl methyl sites for hydroxylation is 1. The maximum Gasteiger partial charge on any atom is 0.294 e. The van der Waals surface area contributed by atoms with Gasteiger partial charge in [0, 0.05) is 37.0 Å². The molecule has 2 aromatic heterocycles. The van der Waals surface area contributed by atoms with Crippen LogP contribution < -0.4 is 10.7 Å². The summed E-state index contributed by atoms with van der Waals surface area (Å²) in [5.74, 6) is -0.614. The number of nitro benzene ring substituents is 1. The third kappa shape index (κ3) is 4.52. The number of para-hydroxylation sites is 2. The van der Waals surface area contributed by atoms with E-state index in [4.69, 9.17) is 4.42 Å². The van der Waals surface area contributed by atoms with E-state index < -0.39 is 16.3 Å². The highest BCUT2D eigenvalue weighted by Crippen LogP contribution is 2.22. The molecule has 0 radical (unpaired) electrons. The molecule has 0 atom stereocenters. The summed E-state index contributed by atoms with van der Waals surface area (Å²) in [7, 11) is 0. The van der Waals surface area contributed by atoms with Gasteiger partial charge in [0.2, 0.25) is 5.43 Å². The Kier molecular flexibility index (Phi) is 6.03. The van der Waals surface area contributed by atoms with Crippen LogP contribution >= 0.6 is 0 Å². The molecule has 4 rings (SSSR count). The number of likely N-dealkylation sites (tertiary alicyclic amines) is 1. The fourth-order valence-electron chi connectivity index (χ4n) is 3.78. The van der Waals surface area contributed by atoms with Gasteiger partial charge in [0.25, 0.3) is 17.5 Å². The molecule has 1 aliphatic rings. The summed E-state index contributed by atoms with van der Waals surface area (Å²) >= 11 is 0. The van der Waals surface area contributed by atoms with Gasteiger partial charge < -0.3 is 14.6 Å². The number of hydrogen-bond donors (Lipinski definition) is 1. The SMILES string of the molecule is Cc1cc(=O)c(C(=O)NC2CCN(C(=O)c3ccco3)CC2)nn1-c1ccccc1[N+](=O)[O-]. The molecule has 0 bridgehead atoms. The molecule has 33 heavy (non-hydrogen) atoms. The maximum atomic E-state index is 12.8.